The lowest BCUT2D eigenvalue weighted by Gasteiger charge is -2.16. The first kappa shape index (κ1) is 15.0. The van der Waals surface area contributed by atoms with Gasteiger partial charge in [-0.1, -0.05) is 24.3 Å². The smallest absolute Gasteiger partial charge is 0.287 e. The molecule has 0 aliphatic carbocycles. The highest BCUT2D eigenvalue weighted by Gasteiger charge is 2.16. The van der Waals surface area contributed by atoms with Crippen molar-refractivity contribution in [1.29, 1.82) is 0 Å². The first-order valence-electron chi connectivity index (χ1n) is 7.36. The molecular formula is C16H16N4O3. The van der Waals surface area contributed by atoms with Crippen LogP contribution in [-0.4, -0.2) is 26.9 Å². The lowest BCUT2D eigenvalue weighted by molar-refractivity contribution is 0.0902. The maximum absolute atomic E-state index is 12.4. The number of carbonyl (C=O) groups is 1. The van der Waals surface area contributed by atoms with E-state index in [4.69, 9.17) is 4.42 Å². The van der Waals surface area contributed by atoms with Crippen molar-refractivity contribution in [3.8, 4) is 0 Å². The molecule has 23 heavy (non-hydrogen) atoms. The van der Waals surface area contributed by atoms with Gasteiger partial charge in [0.1, 0.15) is 5.52 Å². The summed E-state index contributed by atoms with van der Waals surface area (Å²) in [5.74, 6) is -0.0796. The average Bonchev–Trinajstić information content (AvgIpc) is 3.11. The monoisotopic (exact) mass is 312 g/mol. The van der Waals surface area contributed by atoms with E-state index in [9.17, 15) is 9.59 Å². The fraction of sp³-hybridized carbons (Fsp3) is 0.250. The first-order chi connectivity index (χ1) is 11.2. The van der Waals surface area contributed by atoms with Gasteiger partial charge in [0.2, 0.25) is 0 Å². The van der Waals surface area contributed by atoms with Crippen LogP contribution >= 0.6 is 0 Å². The Morgan fingerprint density at radius 3 is 2.87 bits per heavy atom. The molecule has 7 nitrogen and oxygen atoms in total. The Morgan fingerprint density at radius 2 is 2.13 bits per heavy atom. The Bertz CT molecular complexity index is 870. The molecule has 3 aromatic rings. The van der Waals surface area contributed by atoms with E-state index >= 15 is 0 Å². The molecule has 1 atom stereocenters. The molecule has 2 heterocycles. The molecule has 0 bridgehead atoms. The van der Waals surface area contributed by atoms with Crippen LogP contribution in [0.25, 0.3) is 10.9 Å². The highest BCUT2D eigenvalue weighted by Crippen LogP contribution is 2.05. The van der Waals surface area contributed by atoms with Crippen LogP contribution in [0.3, 0.4) is 0 Å². The van der Waals surface area contributed by atoms with E-state index in [1.165, 1.54) is 10.9 Å². The number of carbonyl (C=O) groups excluding carboxylic acids is 1. The number of fused-ring (bicyclic) bond motifs is 1. The highest BCUT2D eigenvalue weighted by molar-refractivity contribution is 5.91. The molecule has 0 aliphatic heterocycles. The molecule has 0 spiro atoms. The third-order valence-electron chi connectivity index (χ3n) is 3.60. The Labute approximate surface area is 131 Å². The highest BCUT2D eigenvalue weighted by atomic mass is 16.3. The zero-order valence-electron chi connectivity index (χ0n) is 12.6. The minimum atomic E-state index is -0.316. The van der Waals surface area contributed by atoms with E-state index in [2.05, 4.69) is 15.6 Å². The van der Waals surface area contributed by atoms with Crippen LogP contribution in [0.1, 0.15) is 23.9 Å². The van der Waals surface area contributed by atoms with Crippen LogP contribution in [0.4, 0.5) is 0 Å². The molecule has 3 rings (SSSR count). The summed E-state index contributed by atoms with van der Waals surface area (Å²) in [6.45, 7) is 2.17. The van der Waals surface area contributed by atoms with Gasteiger partial charge in [-0.2, -0.15) is 0 Å². The minimum absolute atomic E-state index is 0.221. The third kappa shape index (κ3) is 3.13. The summed E-state index contributed by atoms with van der Waals surface area (Å²) in [6, 6.07) is 10.0. The molecule has 1 amide bonds. The summed E-state index contributed by atoms with van der Waals surface area (Å²) in [6.07, 6.45) is 2.09. The number of amides is 1. The van der Waals surface area contributed by atoms with Crippen LogP contribution in [0.2, 0.25) is 0 Å². The number of aromatic nitrogens is 3. The van der Waals surface area contributed by atoms with Gasteiger partial charge in [-0.3, -0.25) is 9.59 Å². The number of hydrogen-bond acceptors (Lipinski definition) is 5. The molecule has 118 valence electrons. The van der Waals surface area contributed by atoms with Crippen LogP contribution < -0.4 is 10.9 Å². The zero-order chi connectivity index (χ0) is 16.2. The van der Waals surface area contributed by atoms with Crippen LogP contribution in [-0.2, 0) is 6.54 Å². The molecule has 0 aliphatic rings. The maximum atomic E-state index is 12.4. The van der Waals surface area contributed by atoms with Crippen molar-refractivity contribution in [3.05, 3.63) is 58.8 Å². The van der Waals surface area contributed by atoms with E-state index in [0.717, 1.165) is 0 Å². The van der Waals surface area contributed by atoms with E-state index in [1.807, 2.05) is 6.92 Å². The lowest BCUT2D eigenvalue weighted by Crippen LogP contribution is -2.40. The van der Waals surface area contributed by atoms with Gasteiger partial charge >= 0.3 is 0 Å². The minimum Gasteiger partial charge on any atom is -0.459 e. The van der Waals surface area contributed by atoms with Crippen molar-refractivity contribution in [2.45, 2.75) is 25.9 Å². The van der Waals surface area contributed by atoms with Crippen molar-refractivity contribution in [3.63, 3.8) is 0 Å². The number of rotatable bonds is 5. The van der Waals surface area contributed by atoms with E-state index < -0.39 is 0 Å². The summed E-state index contributed by atoms with van der Waals surface area (Å²) in [5, 5.41) is 11.3. The van der Waals surface area contributed by atoms with E-state index in [-0.39, 0.29) is 29.8 Å². The molecule has 7 heteroatoms. The molecule has 0 saturated heterocycles. The quantitative estimate of drug-likeness (QED) is 0.772. The summed E-state index contributed by atoms with van der Waals surface area (Å²) in [4.78, 5) is 24.5. The summed E-state index contributed by atoms with van der Waals surface area (Å²) < 4.78 is 6.34. The predicted molar refractivity (Wildman–Crippen MR) is 84.1 cm³/mol. The average molecular weight is 312 g/mol. The SMILES string of the molecule is CC[C@H](Cn1nnc2ccccc2c1=O)NC(=O)c1ccco1. The number of nitrogens with zero attached hydrogens (tertiary/aromatic N) is 3. The van der Waals surface area contributed by atoms with E-state index in [1.54, 1.807) is 36.4 Å². The fourth-order valence-electron chi connectivity index (χ4n) is 2.29. The normalized spacial score (nSPS) is 12.2. The van der Waals surface area contributed by atoms with Gasteiger partial charge in [-0.25, -0.2) is 4.68 Å². The first-order valence-corrected chi connectivity index (χ1v) is 7.36. The van der Waals surface area contributed by atoms with Crippen LogP contribution in [0, 0.1) is 0 Å². The third-order valence-corrected chi connectivity index (χ3v) is 3.60. The lowest BCUT2D eigenvalue weighted by atomic mass is 10.2. The second-order valence-electron chi connectivity index (χ2n) is 5.15. The molecule has 0 saturated carbocycles. The topological polar surface area (TPSA) is 90.0 Å². The predicted octanol–water partition coefficient (Wildman–Crippen LogP) is 1.59. The Morgan fingerprint density at radius 1 is 1.30 bits per heavy atom. The number of benzene rings is 1. The second-order valence-corrected chi connectivity index (χ2v) is 5.15. The van der Waals surface area contributed by atoms with Gasteiger partial charge in [0.05, 0.1) is 18.2 Å². The van der Waals surface area contributed by atoms with Crippen molar-refractivity contribution >= 4 is 16.8 Å². The standard InChI is InChI=1S/C16H16N4O3/c1-2-11(17-15(21)14-8-5-9-23-14)10-20-16(22)12-6-3-4-7-13(12)18-19-20/h3-9,11H,2,10H2,1H3,(H,17,21)/t11-/m1/s1. The van der Waals surface area contributed by atoms with Crippen molar-refractivity contribution < 1.29 is 9.21 Å². The zero-order valence-corrected chi connectivity index (χ0v) is 12.6. The van der Waals surface area contributed by atoms with Crippen LogP contribution in [0.15, 0.2) is 51.9 Å². The largest absolute Gasteiger partial charge is 0.459 e. The van der Waals surface area contributed by atoms with E-state index in [0.29, 0.717) is 17.3 Å². The molecule has 1 N–H and O–H groups in total. The molecular weight excluding hydrogens is 296 g/mol. The number of nitrogens with one attached hydrogen (secondary N) is 1. The van der Waals surface area contributed by atoms with Crippen molar-refractivity contribution in [2.75, 3.05) is 0 Å². The number of hydrogen-bond donors (Lipinski definition) is 1. The van der Waals surface area contributed by atoms with Gasteiger partial charge in [-0.15, -0.1) is 5.10 Å². The van der Waals surface area contributed by atoms with Crippen molar-refractivity contribution in [1.82, 2.24) is 20.3 Å². The van der Waals surface area contributed by atoms with Gasteiger partial charge < -0.3 is 9.73 Å². The fourth-order valence-corrected chi connectivity index (χ4v) is 2.29. The molecule has 2 aromatic heterocycles. The summed E-state index contributed by atoms with van der Waals surface area (Å²) in [7, 11) is 0. The van der Waals surface area contributed by atoms with Gasteiger partial charge in [0.15, 0.2) is 5.76 Å². The van der Waals surface area contributed by atoms with Gasteiger partial charge in [-0.05, 0) is 30.7 Å². The summed E-state index contributed by atoms with van der Waals surface area (Å²) >= 11 is 0. The Hall–Kier alpha value is -2.96. The molecule has 0 radical (unpaired) electrons. The summed E-state index contributed by atoms with van der Waals surface area (Å²) in [5.41, 5.74) is 0.336. The van der Waals surface area contributed by atoms with Gasteiger partial charge in [0, 0.05) is 6.04 Å². The molecule has 0 fully saturated rings. The Balaban J connectivity index is 1.80. The molecule has 0 unspecified atom stereocenters. The maximum Gasteiger partial charge on any atom is 0.287 e. The second kappa shape index (κ2) is 6.43. The van der Waals surface area contributed by atoms with Crippen LogP contribution in [0.5, 0.6) is 0 Å². The molecule has 1 aromatic carbocycles. The number of furan rings is 1. The van der Waals surface area contributed by atoms with Gasteiger partial charge in [0.25, 0.3) is 11.5 Å². The van der Waals surface area contributed by atoms with Crippen molar-refractivity contribution in [2.24, 2.45) is 0 Å². The Kier molecular flexibility index (Phi) is 4.18.